The van der Waals surface area contributed by atoms with E-state index in [2.05, 4.69) is 29.2 Å². The molecule has 2 aliphatic rings. The van der Waals surface area contributed by atoms with Gasteiger partial charge in [0.05, 0.1) is 5.69 Å². The molecule has 3 nitrogen and oxygen atoms in total. The second-order valence-electron chi connectivity index (χ2n) is 8.75. The highest BCUT2D eigenvalue weighted by molar-refractivity contribution is 5.47. The van der Waals surface area contributed by atoms with Crippen LogP contribution in [0.4, 0.5) is 10.1 Å². The zero-order chi connectivity index (χ0) is 24.0. The van der Waals surface area contributed by atoms with Crippen LogP contribution in [0.15, 0.2) is 84.9 Å². The average Bonchev–Trinajstić information content (AvgIpc) is 2.92. The highest BCUT2D eigenvalue weighted by atomic mass is 19.1. The van der Waals surface area contributed by atoms with Gasteiger partial charge in [0.1, 0.15) is 5.82 Å². The molecule has 3 aromatic rings. The molecule has 182 valence electrons. The third-order valence-corrected chi connectivity index (χ3v) is 6.51. The van der Waals surface area contributed by atoms with Gasteiger partial charge in [0.15, 0.2) is 6.29 Å². The lowest BCUT2D eigenvalue weighted by molar-refractivity contribution is -0.141. The summed E-state index contributed by atoms with van der Waals surface area (Å²) in [6.07, 6.45) is 7.15. The number of benzene rings is 3. The van der Waals surface area contributed by atoms with E-state index < -0.39 is 0 Å². The average molecular weight is 464 g/mol. The second-order valence-corrected chi connectivity index (χ2v) is 8.75. The Morgan fingerprint density at radius 1 is 0.706 bits per heavy atom. The molecule has 0 bridgehead atoms. The van der Waals surface area contributed by atoms with Crippen molar-refractivity contribution < 1.29 is 13.9 Å². The smallest absolute Gasteiger partial charge is 0.159 e. The number of hydrogen-bond acceptors (Lipinski definition) is 3. The lowest BCUT2D eigenvalue weighted by Gasteiger charge is -2.36. The minimum absolute atomic E-state index is 0.146. The van der Waals surface area contributed by atoms with Crippen LogP contribution in [0, 0.1) is 11.7 Å². The van der Waals surface area contributed by atoms with Gasteiger partial charge in [0.2, 0.25) is 0 Å². The van der Waals surface area contributed by atoms with Gasteiger partial charge in [0, 0.05) is 33.2 Å². The van der Waals surface area contributed by atoms with Crippen molar-refractivity contribution in [3.8, 4) is 0 Å². The lowest BCUT2D eigenvalue weighted by Crippen LogP contribution is -2.39. The fourth-order valence-electron chi connectivity index (χ4n) is 4.66. The van der Waals surface area contributed by atoms with Crippen molar-refractivity contribution in [1.82, 2.24) is 0 Å². The van der Waals surface area contributed by atoms with Crippen LogP contribution >= 0.6 is 0 Å². The Labute approximate surface area is 204 Å². The number of piperidine rings is 1. The summed E-state index contributed by atoms with van der Waals surface area (Å²) >= 11 is 0. The van der Waals surface area contributed by atoms with E-state index in [4.69, 9.17) is 9.47 Å². The molecule has 1 aliphatic carbocycles. The predicted octanol–water partition coefficient (Wildman–Crippen LogP) is 6.91. The molecule has 0 amide bonds. The monoisotopic (exact) mass is 463 g/mol. The minimum atomic E-state index is -0.147. The van der Waals surface area contributed by atoms with Crippen molar-refractivity contribution in [2.75, 3.05) is 32.2 Å². The Morgan fingerprint density at radius 3 is 1.65 bits per heavy atom. The molecule has 4 heteroatoms. The summed E-state index contributed by atoms with van der Waals surface area (Å²) in [7, 11) is 3.33. The summed E-state index contributed by atoms with van der Waals surface area (Å²) < 4.78 is 24.2. The van der Waals surface area contributed by atoms with Gasteiger partial charge < -0.3 is 14.4 Å². The van der Waals surface area contributed by atoms with Crippen LogP contribution in [0.3, 0.4) is 0 Å². The fraction of sp³-hybridized carbons (Fsp3) is 0.400. The van der Waals surface area contributed by atoms with Gasteiger partial charge in [-0.3, -0.25) is 0 Å². The number of nitrogens with zero attached hydrogens (tertiary/aromatic N) is 1. The van der Waals surface area contributed by atoms with Crippen molar-refractivity contribution in [2.45, 2.75) is 44.8 Å². The molecule has 1 fully saturated rings. The van der Waals surface area contributed by atoms with Crippen molar-refractivity contribution in [2.24, 2.45) is 5.92 Å². The normalized spacial score (nSPS) is 15.5. The molecule has 0 aromatic heterocycles. The molecule has 1 saturated heterocycles. The Morgan fingerprint density at radius 2 is 1.18 bits per heavy atom. The van der Waals surface area contributed by atoms with E-state index >= 15 is 0 Å². The Hall–Kier alpha value is -2.69. The number of ether oxygens (including phenoxy) is 2. The van der Waals surface area contributed by atoms with Gasteiger partial charge in [-0.2, -0.15) is 0 Å². The van der Waals surface area contributed by atoms with Crippen LogP contribution in [0.1, 0.15) is 36.8 Å². The molecule has 0 N–H and O–H groups in total. The quantitative estimate of drug-likeness (QED) is 0.392. The highest BCUT2D eigenvalue weighted by Crippen LogP contribution is 2.28. The predicted molar refractivity (Wildman–Crippen MR) is 139 cm³/mol. The largest absolute Gasteiger partial charge is 0.369 e. The first kappa shape index (κ1) is 25.9. The summed E-state index contributed by atoms with van der Waals surface area (Å²) in [6, 6.07) is 27.7. The zero-order valence-electron chi connectivity index (χ0n) is 20.5. The highest BCUT2D eigenvalue weighted by Gasteiger charge is 2.27. The van der Waals surface area contributed by atoms with Gasteiger partial charge in [-0.05, 0) is 61.8 Å². The number of aryl methyl sites for hydroxylation is 2. The topological polar surface area (TPSA) is 21.7 Å². The van der Waals surface area contributed by atoms with E-state index in [-0.39, 0.29) is 12.1 Å². The van der Waals surface area contributed by atoms with Crippen LogP contribution in [0.5, 0.6) is 0 Å². The molecule has 34 heavy (non-hydrogen) atoms. The maximum Gasteiger partial charge on any atom is 0.159 e. The summed E-state index contributed by atoms with van der Waals surface area (Å²) in [5.41, 5.74) is 3.85. The van der Waals surface area contributed by atoms with E-state index in [1.54, 1.807) is 31.4 Å². The van der Waals surface area contributed by atoms with E-state index in [0.29, 0.717) is 11.6 Å². The molecular weight excluding hydrogens is 425 g/mol. The van der Waals surface area contributed by atoms with Crippen LogP contribution in [0.2, 0.25) is 0 Å². The van der Waals surface area contributed by atoms with Gasteiger partial charge in [0.25, 0.3) is 0 Å². The Balaban J connectivity index is 0.000000167. The van der Waals surface area contributed by atoms with Gasteiger partial charge in [-0.15, -0.1) is 0 Å². The van der Waals surface area contributed by atoms with Crippen LogP contribution in [-0.4, -0.2) is 33.6 Å². The van der Waals surface area contributed by atoms with Gasteiger partial charge in [-0.25, -0.2) is 4.39 Å². The van der Waals surface area contributed by atoms with Crippen LogP contribution < -0.4 is 4.90 Å². The molecule has 0 saturated carbocycles. The Bertz CT molecular complexity index is 886. The van der Waals surface area contributed by atoms with Gasteiger partial charge >= 0.3 is 0 Å². The first-order chi connectivity index (χ1) is 16.7. The third kappa shape index (κ3) is 7.96. The van der Waals surface area contributed by atoms with Crippen LogP contribution in [-0.2, 0) is 22.3 Å². The van der Waals surface area contributed by atoms with Crippen molar-refractivity contribution in [3.63, 3.8) is 0 Å². The number of rotatable bonds is 4. The summed E-state index contributed by atoms with van der Waals surface area (Å²) in [6.45, 7) is 1.68. The van der Waals surface area contributed by atoms with E-state index in [9.17, 15) is 4.39 Å². The molecule has 3 aromatic carbocycles. The number of hydrogen-bond donors (Lipinski definition) is 0. The summed E-state index contributed by atoms with van der Waals surface area (Å²) in [4.78, 5) is 2.09. The summed E-state index contributed by atoms with van der Waals surface area (Å²) in [5.74, 6) is 0.244. The number of para-hydroxylation sites is 1. The molecule has 1 aliphatic heterocycles. The molecule has 0 atom stereocenters. The SMILES string of the molecule is COC(OC)C1CCN(c2ccccc2F)CC1.c1ccc2c(c1)CCCC2.c1ccccc1. The fourth-order valence-corrected chi connectivity index (χ4v) is 4.66. The molecule has 0 unspecified atom stereocenters. The standard InChI is InChI=1S/C14H20FNO2.C10H12.C6H6/c1-17-14(18-2)11-7-9-16(10-8-11)13-6-4-3-5-12(13)15;1-2-6-10-8-4-3-7-9(10)5-1;1-2-4-6-5-3-1/h3-6,11,14H,7-10H2,1-2H3;1-2,5-6H,3-4,7-8H2;1-6H. The first-order valence-electron chi connectivity index (χ1n) is 12.3. The summed E-state index contributed by atoms with van der Waals surface area (Å²) in [5, 5.41) is 0. The lowest BCUT2D eigenvalue weighted by atomic mass is 9.92. The number of methoxy groups -OCH3 is 2. The maximum atomic E-state index is 13.7. The molecule has 0 spiro atoms. The van der Waals surface area contributed by atoms with Gasteiger partial charge in [-0.1, -0.05) is 72.8 Å². The number of fused-ring (bicyclic) bond motifs is 1. The van der Waals surface area contributed by atoms with E-state index in [0.717, 1.165) is 25.9 Å². The van der Waals surface area contributed by atoms with Crippen LogP contribution in [0.25, 0.3) is 0 Å². The van der Waals surface area contributed by atoms with Crippen molar-refractivity contribution in [3.05, 3.63) is 102 Å². The molecule has 5 rings (SSSR count). The second kappa shape index (κ2) is 14.5. The third-order valence-electron chi connectivity index (χ3n) is 6.51. The van der Waals surface area contributed by atoms with Crippen molar-refractivity contribution in [1.29, 1.82) is 0 Å². The van der Waals surface area contributed by atoms with Crippen molar-refractivity contribution >= 4 is 5.69 Å². The van der Waals surface area contributed by atoms with E-state index in [1.165, 1.54) is 31.7 Å². The molecule has 1 heterocycles. The molecule has 0 radical (unpaired) electrons. The molecular formula is C30H38FNO2. The van der Waals surface area contributed by atoms with E-state index in [1.807, 2.05) is 48.5 Å². The zero-order valence-corrected chi connectivity index (χ0v) is 20.5. The minimum Gasteiger partial charge on any atom is -0.369 e. The number of anilines is 1. The number of halogens is 1. The Kier molecular flexibility index (Phi) is 11.1. The first-order valence-corrected chi connectivity index (χ1v) is 12.3. The maximum absolute atomic E-state index is 13.7.